The lowest BCUT2D eigenvalue weighted by Crippen LogP contribution is -2.32. The minimum absolute atomic E-state index is 0.00212. The van der Waals surface area contributed by atoms with Crippen LogP contribution >= 0.6 is 23.6 Å². The van der Waals surface area contributed by atoms with E-state index in [1.54, 1.807) is 22.8 Å². The summed E-state index contributed by atoms with van der Waals surface area (Å²) in [5.41, 5.74) is 1.41. The highest BCUT2D eigenvalue weighted by Crippen LogP contribution is 2.31. The number of allylic oxidation sites excluding steroid dienone is 1. The zero-order chi connectivity index (χ0) is 23.8. The molecule has 0 spiro atoms. The Bertz CT molecular complexity index is 1240. The summed E-state index contributed by atoms with van der Waals surface area (Å²) in [7, 11) is 0. The second-order valence-electron chi connectivity index (χ2n) is 7.02. The second-order valence-corrected chi connectivity index (χ2v) is 8.41. The predicted molar refractivity (Wildman–Crippen MR) is 130 cm³/mol. The monoisotopic (exact) mass is 481 g/mol. The van der Waals surface area contributed by atoms with Crippen molar-refractivity contribution in [3.05, 3.63) is 53.5 Å². The Hall–Kier alpha value is -3.62. The Morgan fingerprint density at radius 3 is 2.82 bits per heavy atom. The third-order valence-corrected chi connectivity index (χ3v) is 6.08. The van der Waals surface area contributed by atoms with E-state index in [0.29, 0.717) is 33.7 Å². The second kappa shape index (κ2) is 11.3. The molecule has 0 fully saturated rings. The maximum Gasteiger partial charge on any atom is 0.227 e. The molecule has 3 rings (SSSR count). The summed E-state index contributed by atoms with van der Waals surface area (Å²) in [4.78, 5) is 32.0. The number of benzene rings is 1. The zero-order valence-electron chi connectivity index (χ0n) is 18.1. The Balaban J connectivity index is 1.65. The van der Waals surface area contributed by atoms with Gasteiger partial charge in [0.1, 0.15) is 0 Å². The number of nitrogens with one attached hydrogen (secondary N) is 2. The number of aromatic amines is 1. The molecule has 11 heteroatoms. The van der Waals surface area contributed by atoms with Crippen molar-refractivity contribution in [2.75, 3.05) is 16.8 Å². The summed E-state index contributed by atoms with van der Waals surface area (Å²) >= 11 is 6.54. The molecule has 0 radical (unpaired) electrons. The molecule has 0 atom stereocenters. The fraction of sp³-hybridized carbons (Fsp3) is 0.273. The lowest BCUT2D eigenvalue weighted by Gasteiger charge is -2.21. The van der Waals surface area contributed by atoms with Gasteiger partial charge in [0.2, 0.25) is 11.8 Å². The number of carbonyl (C=O) groups excluding carboxylic acids is 2. The molecule has 0 saturated carbocycles. The normalized spacial score (nSPS) is 10.4. The number of carbonyl (C=O) groups is 2. The highest BCUT2D eigenvalue weighted by molar-refractivity contribution is 7.71. The van der Waals surface area contributed by atoms with Crippen molar-refractivity contribution in [2.24, 2.45) is 0 Å². The number of nitrogens with zero attached hydrogens (tertiary/aromatic N) is 5. The molecule has 33 heavy (non-hydrogen) atoms. The van der Waals surface area contributed by atoms with E-state index in [4.69, 9.17) is 17.5 Å². The number of para-hydroxylation sites is 1. The van der Waals surface area contributed by atoms with Crippen LogP contribution in [0.25, 0.3) is 10.7 Å². The van der Waals surface area contributed by atoms with Crippen molar-refractivity contribution in [2.45, 2.75) is 32.7 Å². The molecule has 0 aliphatic heterocycles. The fourth-order valence-electron chi connectivity index (χ4n) is 3.15. The topological polar surface area (TPSA) is 120 Å². The number of hydrogen-bond donors (Lipinski definition) is 2. The molecule has 2 heterocycles. The van der Waals surface area contributed by atoms with Crippen molar-refractivity contribution in [1.82, 2.24) is 19.7 Å². The van der Waals surface area contributed by atoms with Crippen LogP contribution < -0.4 is 10.2 Å². The van der Waals surface area contributed by atoms with E-state index in [-0.39, 0.29) is 37.6 Å². The molecule has 3 aromatic rings. The fourth-order valence-corrected chi connectivity index (χ4v) is 4.34. The highest BCUT2D eigenvalue weighted by Gasteiger charge is 2.19. The van der Waals surface area contributed by atoms with Crippen LogP contribution in [0.5, 0.6) is 0 Å². The van der Waals surface area contributed by atoms with Gasteiger partial charge in [-0.25, -0.2) is 4.98 Å². The van der Waals surface area contributed by atoms with Crippen molar-refractivity contribution >= 4 is 46.2 Å². The van der Waals surface area contributed by atoms with Gasteiger partial charge in [-0.1, -0.05) is 35.6 Å². The number of H-pyrrole nitrogens is 1. The maximum atomic E-state index is 12.7. The standard InChI is InChI=1S/C22H23N7O2S2/c1-3-13-29-20(26-27-22(29)32)19-15(2)24-21(33-19)25-17(30)10-11-18(31)28(14-7-12-23)16-8-5-4-6-9-16/h3-6,8-9H,1,7,10-11,13-14H2,2H3,(H,27,32)(H,24,25,30). The van der Waals surface area contributed by atoms with Crippen molar-refractivity contribution in [3.8, 4) is 16.8 Å². The molecule has 0 aliphatic rings. The maximum absolute atomic E-state index is 12.7. The van der Waals surface area contributed by atoms with Gasteiger partial charge in [-0.2, -0.15) is 10.4 Å². The Labute approximate surface area is 200 Å². The number of aryl methyl sites for hydroxylation is 1. The van der Waals surface area contributed by atoms with Gasteiger partial charge in [-0.15, -0.1) is 6.58 Å². The van der Waals surface area contributed by atoms with Crippen LogP contribution in [0.1, 0.15) is 25.0 Å². The molecule has 2 aromatic heterocycles. The largest absolute Gasteiger partial charge is 0.311 e. The molecule has 9 nitrogen and oxygen atoms in total. The predicted octanol–water partition coefficient (Wildman–Crippen LogP) is 4.22. The molecule has 0 bridgehead atoms. The molecule has 1 aromatic carbocycles. The van der Waals surface area contributed by atoms with E-state index in [1.807, 2.05) is 25.1 Å². The molecule has 0 unspecified atom stereocenters. The molecule has 170 valence electrons. The zero-order valence-corrected chi connectivity index (χ0v) is 19.7. The summed E-state index contributed by atoms with van der Waals surface area (Å²) in [6.45, 7) is 6.33. The lowest BCUT2D eigenvalue weighted by molar-refractivity contribution is -0.122. The Morgan fingerprint density at radius 2 is 2.12 bits per heavy atom. The van der Waals surface area contributed by atoms with Gasteiger partial charge in [-0.05, 0) is 31.3 Å². The average Bonchev–Trinajstić information content (AvgIpc) is 3.35. The SMILES string of the molecule is C=CCn1c(-c2sc(NC(=O)CCC(=O)N(CCC#N)c3ccccc3)nc2C)n[nH]c1=S. The molecular weight excluding hydrogens is 458 g/mol. The third kappa shape index (κ3) is 6.00. The Kier molecular flexibility index (Phi) is 8.23. The number of amides is 2. The van der Waals surface area contributed by atoms with Crippen LogP contribution in [0.2, 0.25) is 0 Å². The highest BCUT2D eigenvalue weighted by atomic mass is 32.1. The van der Waals surface area contributed by atoms with Gasteiger partial charge < -0.3 is 10.2 Å². The molecule has 2 N–H and O–H groups in total. The van der Waals surface area contributed by atoms with Crippen LogP contribution in [-0.2, 0) is 16.1 Å². The summed E-state index contributed by atoms with van der Waals surface area (Å²) in [6, 6.07) is 11.2. The summed E-state index contributed by atoms with van der Waals surface area (Å²) in [5, 5.41) is 19.1. The summed E-state index contributed by atoms with van der Waals surface area (Å²) in [5.74, 6) is 0.0889. The first-order valence-corrected chi connectivity index (χ1v) is 11.4. The van der Waals surface area contributed by atoms with E-state index in [1.165, 1.54) is 16.2 Å². The molecule has 0 saturated heterocycles. The van der Waals surface area contributed by atoms with Crippen LogP contribution in [-0.4, -0.2) is 38.1 Å². The third-order valence-electron chi connectivity index (χ3n) is 4.70. The molecule has 0 aliphatic carbocycles. The van der Waals surface area contributed by atoms with Crippen LogP contribution in [0.15, 0.2) is 43.0 Å². The van der Waals surface area contributed by atoms with Crippen LogP contribution in [0.4, 0.5) is 10.8 Å². The van der Waals surface area contributed by atoms with Crippen LogP contribution in [0.3, 0.4) is 0 Å². The van der Waals surface area contributed by atoms with E-state index in [2.05, 4.69) is 33.1 Å². The van der Waals surface area contributed by atoms with Gasteiger partial charge >= 0.3 is 0 Å². The number of thiazole rings is 1. The van der Waals surface area contributed by atoms with Gasteiger partial charge in [0.05, 0.1) is 23.1 Å². The van der Waals surface area contributed by atoms with Crippen LogP contribution in [0, 0.1) is 23.0 Å². The minimum Gasteiger partial charge on any atom is -0.311 e. The first kappa shape index (κ1) is 24.0. The van der Waals surface area contributed by atoms with E-state index in [0.717, 1.165) is 4.88 Å². The number of anilines is 2. The number of rotatable bonds is 10. The first-order valence-electron chi connectivity index (χ1n) is 10.2. The van der Waals surface area contributed by atoms with E-state index < -0.39 is 0 Å². The first-order chi connectivity index (χ1) is 15.9. The van der Waals surface area contributed by atoms with Gasteiger partial charge in [0, 0.05) is 31.6 Å². The van der Waals surface area contributed by atoms with E-state index in [9.17, 15) is 9.59 Å². The number of hydrogen-bond acceptors (Lipinski definition) is 7. The van der Waals surface area contributed by atoms with Crippen molar-refractivity contribution in [3.63, 3.8) is 0 Å². The molecular formula is C22H23N7O2S2. The Morgan fingerprint density at radius 1 is 1.36 bits per heavy atom. The number of nitriles is 1. The average molecular weight is 482 g/mol. The van der Waals surface area contributed by atoms with Gasteiger partial charge in [-0.3, -0.25) is 19.3 Å². The van der Waals surface area contributed by atoms with Gasteiger partial charge in [0.15, 0.2) is 15.7 Å². The van der Waals surface area contributed by atoms with Gasteiger partial charge in [0.25, 0.3) is 0 Å². The summed E-state index contributed by atoms with van der Waals surface area (Å²) < 4.78 is 2.27. The van der Waals surface area contributed by atoms with Crippen molar-refractivity contribution in [1.29, 1.82) is 5.26 Å². The minimum atomic E-state index is -0.318. The summed E-state index contributed by atoms with van der Waals surface area (Å²) in [6.07, 6.45) is 1.94. The quantitative estimate of drug-likeness (QED) is 0.330. The molecule has 2 amide bonds. The lowest BCUT2D eigenvalue weighted by atomic mass is 10.2. The number of aromatic nitrogens is 4. The van der Waals surface area contributed by atoms with E-state index >= 15 is 0 Å². The smallest absolute Gasteiger partial charge is 0.227 e. The van der Waals surface area contributed by atoms with Crippen molar-refractivity contribution < 1.29 is 9.59 Å².